The van der Waals surface area contributed by atoms with Crippen LogP contribution in [0.1, 0.15) is 48.5 Å². The van der Waals surface area contributed by atoms with Gasteiger partial charge in [0.15, 0.2) is 0 Å². The van der Waals surface area contributed by atoms with Crippen molar-refractivity contribution in [1.82, 2.24) is 15.2 Å². The largest absolute Gasteiger partial charge is 0.490 e. The summed E-state index contributed by atoms with van der Waals surface area (Å²) >= 11 is 0. The molecule has 1 saturated carbocycles. The number of carbonyl (C=O) groups excluding carboxylic acids is 2. The number of rotatable bonds is 7. The third-order valence-electron chi connectivity index (χ3n) is 5.74. The maximum atomic E-state index is 12.5. The van der Waals surface area contributed by atoms with E-state index in [4.69, 9.17) is 4.74 Å². The van der Waals surface area contributed by atoms with E-state index in [-0.39, 0.29) is 24.0 Å². The Morgan fingerprint density at radius 3 is 2.50 bits per heavy atom. The zero-order chi connectivity index (χ0) is 20.9. The number of hydrogen-bond donors (Lipinski definition) is 1. The van der Waals surface area contributed by atoms with Crippen LogP contribution < -0.4 is 10.1 Å². The van der Waals surface area contributed by atoms with Gasteiger partial charge in [-0.2, -0.15) is 0 Å². The Labute approximate surface area is 177 Å². The van der Waals surface area contributed by atoms with Gasteiger partial charge in [0.1, 0.15) is 11.9 Å². The number of piperidine rings is 1. The molecule has 2 aliphatic rings. The lowest BCUT2D eigenvalue weighted by molar-refractivity contribution is -0.134. The third kappa shape index (κ3) is 5.38. The molecule has 1 N–H and O–H groups in total. The first-order chi connectivity index (χ1) is 14.6. The topological polar surface area (TPSA) is 71.5 Å². The second kappa shape index (κ2) is 9.28. The second-order valence-corrected chi connectivity index (χ2v) is 8.38. The van der Waals surface area contributed by atoms with E-state index in [1.165, 1.54) is 0 Å². The van der Waals surface area contributed by atoms with E-state index >= 15 is 0 Å². The fourth-order valence-corrected chi connectivity index (χ4v) is 3.89. The highest BCUT2D eigenvalue weighted by Crippen LogP contribution is 2.32. The van der Waals surface area contributed by atoms with Gasteiger partial charge in [-0.25, -0.2) is 0 Å². The van der Waals surface area contributed by atoms with Crippen molar-refractivity contribution in [1.29, 1.82) is 0 Å². The Morgan fingerprint density at radius 1 is 1.13 bits per heavy atom. The van der Waals surface area contributed by atoms with Crippen molar-refractivity contribution in [3.63, 3.8) is 0 Å². The fraction of sp³-hybridized carbons (Fsp3) is 0.458. The standard InChI is InChI=1S/C24H29N3O3/c1-17(15-18-3-2-12-25-16-18)26-23(28)19-6-8-21(9-7-19)30-22-10-13-27(14-11-22)24(29)20-4-5-20/h2-3,6-9,12,16-17,20,22H,4-5,10-11,13-15H2,1H3,(H,26,28)/t17-/m0/s1. The molecule has 0 radical (unpaired) electrons. The SMILES string of the molecule is C[C@@H](Cc1cccnc1)NC(=O)c1ccc(OC2CCN(C(=O)C3CC3)CC2)cc1. The van der Waals surface area contributed by atoms with Crippen LogP contribution in [0.5, 0.6) is 5.75 Å². The van der Waals surface area contributed by atoms with Crippen molar-refractivity contribution in [2.24, 2.45) is 5.92 Å². The van der Waals surface area contributed by atoms with E-state index in [9.17, 15) is 9.59 Å². The van der Waals surface area contributed by atoms with Gasteiger partial charge < -0.3 is 15.0 Å². The molecule has 2 fully saturated rings. The summed E-state index contributed by atoms with van der Waals surface area (Å²) in [7, 11) is 0. The maximum absolute atomic E-state index is 12.5. The van der Waals surface area contributed by atoms with E-state index in [1.54, 1.807) is 18.3 Å². The summed E-state index contributed by atoms with van der Waals surface area (Å²) in [6, 6.07) is 11.2. The first kappa shape index (κ1) is 20.4. The molecule has 1 atom stereocenters. The third-order valence-corrected chi connectivity index (χ3v) is 5.74. The highest BCUT2D eigenvalue weighted by Gasteiger charge is 2.35. The molecule has 6 nitrogen and oxygen atoms in total. The number of amides is 2. The minimum atomic E-state index is -0.0927. The average Bonchev–Trinajstić information content (AvgIpc) is 3.60. The number of pyridine rings is 1. The number of benzene rings is 1. The molecule has 0 unspecified atom stereocenters. The van der Waals surface area contributed by atoms with Crippen molar-refractivity contribution < 1.29 is 14.3 Å². The molecule has 2 amide bonds. The quantitative estimate of drug-likeness (QED) is 0.765. The predicted octanol–water partition coefficient (Wildman–Crippen LogP) is 3.22. The van der Waals surface area contributed by atoms with Gasteiger partial charge in [0.05, 0.1) is 0 Å². The van der Waals surface area contributed by atoms with Crippen molar-refractivity contribution in [3.8, 4) is 5.75 Å². The average molecular weight is 408 g/mol. The molecular weight excluding hydrogens is 378 g/mol. The Kier molecular flexibility index (Phi) is 6.31. The van der Waals surface area contributed by atoms with Crippen LogP contribution in [-0.2, 0) is 11.2 Å². The number of carbonyl (C=O) groups is 2. The Balaban J connectivity index is 1.23. The molecule has 1 aromatic carbocycles. The second-order valence-electron chi connectivity index (χ2n) is 8.38. The number of ether oxygens (including phenoxy) is 1. The van der Waals surface area contributed by atoms with Crippen molar-refractivity contribution in [3.05, 3.63) is 59.9 Å². The lowest BCUT2D eigenvalue weighted by Gasteiger charge is -2.32. The monoisotopic (exact) mass is 407 g/mol. The molecule has 0 bridgehead atoms. The van der Waals surface area contributed by atoms with Gasteiger partial charge in [0, 0.05) is 55.8 Å². The van der Waals surface area contributed by atoms with Gasteiger partial charge in [0.25, 0.3) is 5.91 Å². The molecule has 0 spiro atoms. The van der Waals surface area contributed by atoms with Crippen molar-refractivity contribution in [2.45, 2.75) is 51.2 Å². The van der Waals surface area contributed by atoms with E-state index in [2.05, 4.69) is 10.3 Å². The van der Waals surface area contributed by atoms with Gasteiger partial charge >= 0.3 is 0 Å². The van der Waals surface area contributed by atoms with Gasteiger partial charge in [0.2, 0.25) is 5.91 Å². The smallest absolute Gasteiger partial charge is 0.251 e. The van der Waals surface area contributed by atoms with Crippen LogP contribution in [0, 0.1) is 5.92 Å². The summed E-state index contributed by atoms with van der Waals surface area (Å²) in [5.74, 6) is 1.28. The fourth-order valence-electron chi connectivity index (χ4n) is 3.89. The zero-order valence-electron chi connectivity index (χ0n) is 17.4. The van der Waals surface area contributed by atoms with E-state index in [1.807, 2.05) is 42.3 Å². The van der Waals surface area contributed by atoms with Crippen LogP contribution in [0.15, 0.2) is 48.8 Å². The first-order valence-electron chi connectivity index (χ1n) is 10.8. The molecular formula is C24H29N3O3. The number of likely N-dealkylation sites (tertiary alicyclic amines) is 1. The molecule has 1 aliphatic carbocycles. The molecule has 6 heteroatoms. The Morgan fingerprint density at radius 2 is 1.87 bits per heavy atom. The Hall–Kier alpha value is -2.89. The normalized spacial score (nSPS) is 18.0. The van der Waals surface area contributed by atoms with E-state index in [0.29, 0.717) is 11.5 Å². The predicted molar refractivity (Wildman–Crippen MR) is 114 cm³/mol. The molecule has 30 heavy (non-hydrogen) atoms. The van der Waals surface area contributed by atoms with Crippen LogP contribution in [0.25, 0.3) is 0 Å². The number of nitrogens with one attached hydrogen (secondary N) is 1. The maximum Gasteiger partial charge on any atom is 0.251 e. The summed E-state index contributed by atoms with van der Waals surface area (Å²) in [5, 5.41) is 3.03. The highest BCUT2D eigenvalue weighted by molar-refractivity contribution is 5.94. The molecule has 4 rings (SSSR count). The molecule has 1 aliphatic heterocycles. The van der Waals surface area contributed by atoms with Crippen LogP contribution in [-0.4, -0.2) is 46.9 Å². The minimum absolute atomic E-state index is 0.0150. The molecule has 2 aromatic rings. The van der Waals surface area contributed by atoms with E-state index < -0.39 is 0 Å². The Bertz CT molecular complexity index is 857. The first-order valence-corrected chi connectivity index (χ1v) is 10.8. The minimum Gasteiger partial charge on any atom is -0.490 e. The van der Waals surface area contributed by atoms with Crippen LogP contribution in [0.2, 0.25) is 0 Å². The van der Waals surface area contributed by atoms with Crippen molar-refractivity contribution >= 4 is 11.8 Å². The van der Waals surface area contributed by atoms with Gasteiger partial charge in [-0.1, -0.05) is 6.07 Å². The summed E-state index contributed by atoms with van der Waals surface area (Å²) in [6.07, 6.45) is 8.23. The number of nitrogens with zero attached hydrogens (tertiary/aromatic N) is 2. The van der Waals surface area contributed by atoms with Gasteiger partial charge in [-0.3, -0.25) is 14.6 Å². The summed E-state index contributed by atoms with van der Waals surface area (Å²) in [6.45, 7) is 3.54. The number of hydrogen-bond acceptors (Lipinski definition) is 4. The van der Waals surface area contributed by atoms with Gasteiger partial charge in [-0.15, -0.1) is 0 Å². The summed E-state index contributed by atoms with van der Waals surface area (Å²) < 4.78 is 6.08. The van der Waals surface area contributed by atoms with E-state index in [0.717, 1.165) is 56.5 Å². The molecule has 1 aromatic heterocycles. The highest BCUT2D eigenvalue weighted by atomic mass is 16.5. The lowest BCUT2D eigenvalue weighted by Crippen LogP contribution is -2.42. The molecule has 2 heterocycles. The zero-order valence-corrected chi connectivity index (χ0v) is 17.4. The number of aromatic nitrogens is 1. The van der Waals surface area contributed by atoms with Gasteiger partial charge in [-0.05, 0) is 62.1 Å². The molecule has 158 valence electrons. The summed E-state index contributed by atoms with van der Waals surface area (Å²) in [5.41, 5.74) is 1.71. The lowest BCUT2D eigenvalue weighted by atomic mass is 10.1. The van der Waals surface area contributed by atoms with Crippen LogP contribution >= 0.6 is 0 Å². The van der Waals surface area contributed by atoms with Crippen molar-refractivity contribution in [2.75, 3.05) is 13.1 Å². The van der Waals surface area contributed by atoms with Crippen LogP contribution in [0.3, 0.4) is 0 Å². The molecule has 1 saturated heterocycles. The summed E-state index contributed by atoms with van der Waals surface area (Å²) in [4.78, 5) is 30.7. The van der Waals surface area contributed by atoms with Crippen LogP contribution in [0.4, 0.5) is 0 Å².